The number of nitrogens with two attached hydrogens (primary N) is 2. The van der Waals surface area contributed by atoms with Crippen molar-refractivity contribution < 1.29 is 9.59 Å². The number of hydrogen-bond donors (Lipinski definition) is 3. The molecule has 0 aromatic heterocycles. The normalized spacial score (nSPS) is 10.7. The van der Waals surface area contributed by atoms with Crippen LogP contribution >= 0.6 is 11.6 Å². The number of nitrogens with one attached hydrogen (secondary N) is 1. The number of amides is 2. The zero-order chi connectivity index (χ0) is 16.0. The fourth-order valence-electron chi connectivity index (χ4n) is 1.92. The van der Waals surface area contributed by atoms with E-state index in [1.807, 2.05) is 13.8 Å². The third kappa shape index (κ3) is 6.01. The fourth-order valence-corrected chi connectivity index (χ4v) is 2.12. The first-order chi connectivity index (χ1) is 9.79. The molecule has 5 N–H and O–H groups in total. The van der Waals surface area contributed by atoms with Gasteiger partial charge in [0.1, 0.15) is 0 Å². The highest BCUT2D eigenvalue weighted by molar-refractivity contribution is 6.30. The molecule has 0 aliphatic carbocycles. The van der Waals surface area contributed by atoms with Crippen molar-refractivity contribution in [3.63, 3.8) is 0 Å². The molecule has 0 spiro atoms. The van der Waals surface area contributed by atoms with Crippen LogP contribution in [0.4, 0.5) is 5.69 Å². The summed E-state index contributed by atoms with van der Waals surface area (Å²) in [5, 5.41) is 3.85. The number of hydrogen-bond acceptors (Lipinski definition) is 4. The van der Waals surface area contributed by atoms with E-state index in [4.69, 9.17) is 23.1 Å². The van der Waals surface area contributed by atoms with Crippen LogP contribution in [-0.2, 0) is 16.1 Å². The third-order valence-corrected chi connectivity index (χ3v) is 3.01. The van der Waals surface area contributed by atoms with E-state index < -0.39 is 11.8 Å². The van der Waals surface area contributed by atoms with Gasteiger partial charge in [0, 0.05) is 23.3 Å². The Morgan fingerprint density at radius 2 is 1.81 bits per heavy atom. The Bertz CT molecular complexity index is 504. The Hall–Kier alpha value is -1.79. The number of anilines is 1. The maximum absolute atomic E-state index is 11.2. The predicted octanol–water partition coefficient (Wildman–Crippen LogP) is 0.615. The van der Waals surface area contributed by atoms with Crippen LogP contribution in [0.3, 0.4) is 0 Å². The van der Waals surface area contributed by atoms with Gasteiger partial charge < -0.3 is 21.7 Å². The van der Waals surface area contributed by atoms with Gasteiger partial charge in [-0.15, -0.1) is 0 Å². The summed E-state index contributed by atoms with van der Waals surface area (Å²) in [5.74, 6) is -1.07. The Morgan fingerprint density at radius 1 is 1.24 bits per heavy atom. The molecule has 1 aromatic rings. The first-order valence-corrected chi connectivity index (χ1v) is 7.00. The molecule has 0 atom stereocenters. The first kappa shape index (κ1) is 17.3. The molecule has 0 saturated carbocycles. The predicted molar refractivity (Wildman–Crippen MR) is 84.0 cm³/mol. The largest absolute Gasteiger partial charge is 0.368 e. The highest BCUT2D eigenvalue weighted by Crippen LogP contribution is 2.24. The lowest BCUT2D eigenvalue weighted by molar-refractivity contribution is -0.117. The highest BCUT2D eigenvalue weighted by Gasteiger charge is 2.16. The maximum atomic E-state index is 11.2. The number of carbonyl (C=O) groups is 2. The molecule has 1 rings (SSSR count). The molecular formula is C14H21ClN4O2. The van der Waals surface area contributed by atoms with Gasteiger partial charge in [-0.05, 0) is 23.8 Å². The van der Waals surface area contributed by atoms with Crippen LogP contribution in [0.5, 0.6) is 0 Å². The van der Waals surface area contributed by atoms with E-state index >= 15 is 0 Å². The minimum Gasteiger partial charge on any atom is -0.368 e. The number of nitrogens with zero attached hydrogens (tertiary/aromatic N) is 1. The van der Waals surface area contributed by atoms with Crippen molar-refractivity contribution in [2.24, 2.45) is 11.5 Å². The summed E-state index contributed by atoms with van der Waals surface area (Å²) < 4.78 is 0. The van der Waals surface area contributed by atoms with E-state index in [9.17, 15) is 9.59 Å². The second kappa shape index (κ2) is 7.85. The SMILES string of the molecule is CC(C)NCc1cc(Cl)ccc1N(CC(N)=O)CC(N)=O. The summed E-state index contributed by atoms with van der Waals surface area (Å²) in [6, 6.07) is 5.54. The Labute approximate surface area is 129 Å². The molecule has 0 saturated heterocycles. The minimum absolute atomic E-state index is 0.0841. The van der Waals surface area contributed by atoms with E-state index in [0.717, 1.165) is 5.56 Å². The lowest BCUT2D eigenvalue weighted by Gasteiger charge is -2.25. The number of primary amides is 2. The summed E-state index contributed by atoms with van der Waals surface area (Å²) in [6.07, 6.45) is 0. The smallest absolute Gasteiger partial charge is 0.236 e. The summed E-state index contributed by atoms with van der Waals surface area (Å²) in [5.41, 5.74) is 12.1. The molecule has 0 fully saturated rings. The number of rotatable bonds is 8. The number of benzene rings is 1. The van der Waals surface area contributed by atoms with Crippen LogP contribution in [0.1, 0.15) is 19.4 Å². The van der Waals surface area contributed by atoms with E-state index in [1.165, 1.54) is 0 Å². The first-order valence-electron chi connectivity index (χ1n) is 6.63. The van der Waals surface area contributed by atoms with Crippen molar-refractivity contribution in [2.75, 3.05) is 18.0 Å². The topological polar surface area (TPSA) is 101 Å². The molecule has 0 radical (unpaired) electrons. The molecule has 7 heteroatoms. The molecule has 21 heavy (non-hydrogen) atoms. The zero-order valence-electron chi connectivity index (χ0n) is 12.2. The molecule has 0 unspecified atom stereocenters. The quantitative estimate of drug-likeness (QED) is 0.654. The van der Waals surface area contributed by atoms with Crippen LogP contribution in [0.25, 0.3) is 0 Å². The number of carbonyl (C=O) groups excluding carboxylic acids is 2. The van der Waals surface area contributed by atoms with Crippen molar-refractivity contribution >= 4 is 29.1 Å². The molecule has 2 amide bonds. The van der Waals surface area contributed by atoms with E-state index in [1.54, 1.807) is 23.1 Å². The second-order valence-electron chi connectivity index (χ2n) is 5.10. The maximum Gasteiger partial charge on any atom is 0.236 e. The van der Waals surface area contributed by atoms with Crippen molar-refractivity contribution in [3.8, 4) is 0 Å². The molecule has 1 aromatic carbocycles. The second-order valence-corrected chi connectivity index (χ2v) is 5.53. The van der Waals surface area contributed by atoms with Gasteiger partial charge in [-0.3, -0.25) is 9.59 Å². The Kier molecular flexibility index (Phi) is 6.45. The molecule has 0 heterocycles. The van der Waals surface area contributed by atoms with Gasteiger partial charge in [-0.1, -0.05) is 25.4 Å². The van der Waals surface area contributed by atoms with Crippen LogP contribution in [-0.4, -0.2) is 30.9 Å². The standard InChI is InChI=1S/C14H21ClN4O2/c1-9(2)18-6-10-5-11(15)3-4-12(10)19(7-13(16)20)8-14(17)21/h3-5,9,18H,6-8H2,1-2H3,(H2,16,20)(H2,17,21). The van der Waals surface area contributed by atoms with Crippen molar-refractivity contribution in [3.05, 3.63) is 28.8 Å². The van der Waals surface area contributed by atoms with Crippen LogP contribution < -0.4 is 21.7 Å². The number of halogens is 1. The molecule has 0 aliphatic rings. The lowest BCUT2D eigenvalue weighted by Crippen LogP contribution is -2.40. The Balaban J connectivity index is 3.09. The molecular weight excluding hydrogens is 292 g/mol. The molecule has 0 bridgehead atoms. The van der Waals surface area contributed by atoms with Gasteiger partial charge in [0.05, 0.1) is 13.1 Å². The summed E-state index contributed by atoms with van der Waals surface area (Å²) in [6.45, 7) is 4.43. The fraction of sp³-hybridized carbons (Fsp3) is 0.429. The summed E-state index contributed by atoms with van der Waals surface area (Å²) >= 11 is 6.02. The van der Waals surface area contributed by atoms with Crippen LogP contribution in [0, 0.1) is 0 Å². The Morgan fingerprint density at radius 3 is 2.29 bits per heavy atom. The van der Waals surface area contributed by atoms with Gasteiger partial charge >= 0.3 is 0 Å². The molecule has 0 aliphatic heterocycles. The van der Waals surface area contributed by atoms with Gasteiger partial charge in [-0.2, -0.15) is 0 Å². The van der Waals surface area contributed by atoms with Crippen molar-refractivity contribution in [1.29, 1.82) is 0 Å². The highest BCUT2D eigenvalue weighted by atomic mass is 35.5. The minimum atomic E-state index is -0.533. The molecule has 116 valence electrons. The zero-order valence-corrected chi connectivity index (χ0v) is 13.0. The van der Waals surface area contributed by atoms with Gasteiger partial charge in [0.15, 0.2) is 0 Å². The summed E-state index contributed by atoms with van der Waals surface area (Å²) in [7, 11) is 0. The summed E-state index contributed by atoms with van der Waals surface area (Å²) in [4.78, 5) is 23.9. The van der Waals surface area contributed by atoms with Crippen molar-refractivity contribution in [1.82, 2.24) is 5.32 Å². The van der Waals surface area contributed by atoms with E-state index in [2.05, 4.69) is 5.32 Å². The van der Waals surface area contributed by atoms with E-state index in [-0.39, 0.29) is 19.1 Å². The average molecular weight is 313 g/mol. The van der Waals surface area contributed by atoms with Gasteiger partial charge in [-0.25, -0.2) is 0 Å². The van der Waals surface area contributed by atoms with Crippen molar-refractivity contribution in [2.45, 2.75) is 26.4 Å². The van der Waals surface area contributed by atoms with Gasteiger partial charge in [0.25, 0.3) is 0 Å². The average Bonchev–Trinajstić information content (AvgIpc) is 2.34. The monoisotopic (exact) mass is 312 g/mol. The molecule has 6 nitrogen and oxygen atoms in total. The van der Waals surface area contributed by atoms with Gasteiger partial charge in [0.2, 0.25) is 11.8 Å². The van der Waals surface area contributed by atoms with Crippen LogP contribution in [0.2, 0.25) is 5.02 Å². The van der Waals surface area contributed by atoms with E-state index in [0.29, 0.717) is 17.3 Å². The lowest BCUT2D eigenvalue weighted by atomic mass is 10.1. The third-order valence-electron chi connectivity index (χ3n) is 2.78. The van der Waals surface area contributed by atoms with Crippen LogP contribution in [0.15, 0.2) is 18.2 Å².